The molecular weight excluding hydrogens is 420 g/mol. The average Bonchev–Trinajstić information content (AvgIpc) is 3.25. The highest BCUT2D eigenvalue weighted by atomic mass is 19.3. The standard InChI is InChI=1S/C21H25F2N7O2/c1-31-15-7-5-6-14-16(15)24-18(17(22)23)30(14)21-26-19(28-8-3-2-4-9-28)25-20(27-21)29-10-12-32-13-11-29/h5-7,17H,2-4,8-13H2,1H3. The highest BCUT2D eigenvalue weighted by molar-refractivity contribution is 5.84. The van der Waals surface area contributed by atoms with Gasteiger partial charge in [-0.05, 0) is 31.4 Å². The second-order valence-electron chi connectivity index (χ2n) is 7.82. The minimum absolute atomic E-state index is 0.133. The van der Waals surface area contributed by atoms with Crippen molar-refractivity contribution in [2.75, 3.05) is 56.3 Å². The molecule has 4 heterocycles. The van der Waals surface area contributed by atoms with Crippen LogP contribution in [0.25, 0.3) is 17.0 Å². The molecule has 0 saturated carbocycles. The Morgan fingerprint density at radius 3 is 2.19 bits per heavy atom. The van der Waals surface area contributed by atoms with Crippen molar-refractivity contribution < 1.29 is 18.3 Å². The number of imidazole rings is 1. The van der Waals surface area contributed by atoms with Gasteiger partial charge in [-0.3, -0.25) is 4.57 Å². The third kappa shape index (κ3) is 3.81. The monoisotopic (exact) mass is 445 g/mol. The van der Waals surface area contributed by atoms with Gasteiger partial charge in [0.05, 0.1) is 25.8 Å². The molecule has 0 atom stereocenters. The number of morpholine rings is 1. The topological polar surface area (TPSA) is 81.4 Å². The molecule has 1 aromatic carbocycles. The molecule has 0 aliphatic carbocycles. The smallest absolute Gasteiger partial charge is 0.296 e. The first kappa shape index (κ1) is 20.8. The highest BCUT2D eigenvalue weighted by Crippen LogP contribution is 2.32. The summed E-state index contributed by atoms with van der Waals surface area (Å²) >= 11 is 0. The van der Waals surface area contributed by atoms with Crippen molar-refractivity contribution in [3.63, 3.8) is 0 Å². The molecule has 2 aromatic heterocycles. The summed E-state index contributed by atoms with van der Waals surface area (Å²) in [6.45, 7) is 4.03. The molecular formula is C21H25F2N7O2. The Kier molecular flexibility index (Phi) is 5.73. The molecule has 5 rings (SSSR count). The van der Waals surface area contributed by atoms with Gasteiger partial charge in [-0.1, -0.05) is 6.07 Å². The fourth-order valence-electron chi connectivity index (χ4n) is 4.20. The van der Waals surface area contributed by atoms with E-state index in [0.717, 1.165) is 32.4 Å². The zero-order valence-electron chi connectivity index (χ0n) is 17.9. The highest BCUT2D eigenvalue weighted by Gasteiger charge is 2.27. The van der Waals surface area contributed by atoms with Gasteiger partial charge in [0.15, 0.2) is 5.82 Å². The van der Waals surface area contributed by atoms with Crippen LogP contribution >= 0.6 is 0 Å². The summed E-state index contributed by atoms with van der Waals surface area (Å²) in [5, 5.41) is 0. The molecule has 0 radical (unpaired) electrons. The second kappa shape index (κ2) is 8.81. The zero-order chi connectivity index (χ0) is 22.1. The Labute approximate surface area is 184 Å². The van der Waals surface area contributed by atoms with E-state index in [4.69, 9.17) is 14.5 Å². The van der Waals surface area contributed by atoms with Crippen LogP contribution in [-0.4, -0.2) is 71.0 Å². The molecule has 2 saturated heterocycles. The third-order valence-corrected chi connectivity index (χ3v) is 5.82. The van der Waals surface area contributed by atoms with E-state index < -0.39 is 12.2 Å². The zero-order valence-corrected chi connectivity index (χ0v) is 17.9. The normalized spacial score (nSPS) is 17.4. The minimum Gasteiger partial charge on any atom is -0.494 e. The summed E-state index contributed by atoms with van der Waals surface area (Å²) in [6, 6.07) is 5.15. The third-order valence-electron chi connectivity index (χ3n) is 5.82. The van der Waals surface area contributed by atoms with Gasteiger partial charge in [0.2, 0.25) is 17.8 Å². The summed E-state index contributed by atoms with van der Waals surface area (Å²) in [7, 11) is 1.49. The number of rotatable bonds is 5. The lowest BCUT2D eigenvalue weighted by molar-refractivity contribution is 0.122. The second-order valence-corrected chi connectivity index (χ2v) is 7.82. The lowest BCUT2D eigenvalue weighted by Gasteiger charge is -2.30. The van der Waals surface area contributed by atoms with E-state index in [1.807, 2.05) is 4.90 Å². The van der Waals surface area contributed by atoms with E-state index in [1.165, 1.54) is 11.7 Å². The SMILES string of the molecule is COc1cccc2c1nc(C(F)F)n2-c1nc(N2CCCCC2)nc(N2CCOCC2)n1. The number of piperidine rings is 1. The Balaban J connectivity index is 1.70. The van der Waals surface area contributed by atoms with Crippen molar-refractivity contribution in [2.45, 2.75) is 25.7 Å². The van der Waals surface area contributed by atoms with Crippen LogP contribution < -0.4 is 14.5 Å². The number of fused-ring (bicyclic) bond motifs is 1. The number of methoxy groups -OCH3 is 1. The summed E-state index contributed by atoms with van der Waals surface area (Å²) < 4.78 is 40.2. The van der Waals surface area contributed by atoms with E-state index in [1.54, 1.807) is 18.2 Å². The maximum atomic E-state index is 14.1. The number of nitrogens with zero attached hydrogens (tertiary/aromatic N) is 7. The van der Waals surface area contributed by atoms with Crippen molar-refractivity contribution in [2.24, 2.45) is 0 Å². The summed E-state index contributed by atoms with van der Waals surface area (Å²) in [5.41, 5.74) is 0.807. The molecule has 3 aromatic rings. The number of halogens is 2. The molecule has 0 spiro atoms. The number of benzene rings is 1. The Bertz CT molecular complexity index is 1060. The quantitative estimate of drug-likeness (QED) is 0.593. The average molecular weight is 445 g/mol. The number of ether oxygens (including phenoxy) is 2. The molecule has 0 amide bonds. The maximum absolute atomic E-state index is 14.1. The fourth-order valence-corrected chi connectivity index (χ4v) is 4.20. The lowest BCUT2D eigenvalue weighted by atomic mass is 10.1. The van der Waals surface area contributed by atoms with Crippen molar-refractivity contribution in [3.05, 3.63) is 24.0 Å². The predicted octanol–water partition coefficient (Wildman–Crippen LogP) is 2.98. The van der Waals surface area contributed by atoms with Gasteiger partial charge in [0.1, 0.15) is 11.3 Å². The Hall–Kier alpha value is -3.08. The van der Waals surface area contributed by atoms with Crippen LogP contribution in [-0.2, 0) is 4.74 Å². The van der Waals surface area contributed by atoms with Crippen LogP contribution in [0.15, 0.2) is 18.2 Å². The van der Waals surface area contributed by atoms with E-state index in [2.05, 4.69) is 19.9 Å². The molecule has 32 heavy (non-hydrogen) atoms. The fraction of sp³-hybridized carbons (Fsp3) is 0.524. The lowest BCUT2D eigenvalue weighted by Crippen LogP contribution is -2.38. The molecule has 2 fully saturated rings. The first-order valence-electron chi connectivity index (χ1n) is 10.8. The molecule has 170 valence electrons. The van der Waals surface area contributed by atoms with Gasteiger partial charge in [-0.25, -0.2) is 13.8 Å². The first-order valence-corrected chi connectivity index (χ1v) is 10.8. The van der Waals surface area contributed by atoms with Crippen LogP contribution in [0.4, 0.5) is 20.7 Å². The predicted molar refractivity (Wildman–Crippen MR) is 115 cm³/mol. The molecule has 0 N–H and O–H groups in total. The van der Waals surface area contributed by atoms with E-state index in [9.17, 15) is 8.78 Å². The number of hydrogen-bond acceptors (Lipinski definition) is 8. The molecule has 9 nitrogen and oxygen atoms in total. The van der Waals surface area contributed by atoms with E-state index >= 15 is 0 Å². The summed E-state index contributed by atoms with van der Waals surface area (Å²) in [4.78, 5) is 22.2. The maximum Gasteiger partial charge on any atom is 0.296 e. The minimum atomic E-state index is -2.81. The number of hydrogen-bond donors (Lipinski definition) is 0. The molecule has 2 aliphatic rings. The van der Waals surface area contributed by atoms with E-state index in [0.29, 0.717) is 55.0 Å². The largest absolute Gasteiger partial charge is 0.494 e. The number of aromatic nitrogens is 5. The van der Waals surface area contributed by atoms with Gasteiger partial charge in [-0.15, -0.1) is 0 Å². The van der Waals surface area contributed by atoms with Crippen LogP contribution in [0.1, 0.15) is 31.5 Å². The molecule has 0 unspecified atom stereocenters. The van der Waals surface area contributed by atoms with Crippen molar-refractivity contribution in [3.8, 4) is 11.7 Å². The van der Waals surface area contributed by atoms with Crippen LogP contribution in [0, 0.1) is 0 Å². The molecule has 2 aliphatic heterocycles. The molecule has 0 bridgehead atoms. The van der Waals surface area contributed by atoms with E-state index in [-0.39, 0.29) is 5.95 Å². The number of anilines is 2. The molecule has 11 heteroatoms. The number of para-hydroxylation sites is 1. The summed E-state index contributed by atoms with van der Waals surface area (Å²) in [6.07, 6.45) is 0.434. The van der Waals surface area contributed by atoms with Gasteiger partial charge in [0, 0.05) is 26.2 Å². The first-order chi connectivity index (χ1) is 15.7. The van der Waals surface area contributed by atoms with Gasteiger partial charge < -0.3 is 19.3 Å². The van der Waals surface area contributed by atoms with Crippen LogP contribution in [0.2, 0.25) is 0 Å². The number of alkyl halides is 2. The van der Waals surface area contributed by atoms with Crippen molar-refractivity contribution in [1.82, 2.24) is 24.5 Å². The van der Waals surface area contributed by atoms with Crippen molar-refractivity contribution >= 4 is 22.9 Å². The van der Waals surface area contributed by atoms with Gasteiger partial charge >= 0.3 is 0 Å². The van der Waals surface area contributed by atoms with Gasteiger partial charge in [0.25, 0.3) is 6.43 Å². The van der Waals surface area contributed by atoms with Crippen LogP contribution in [0.3, 0.4) is 0 Å². The summed E-state index contributed by atoms with van der Waals surface area (Å²) in [5.74, 6) is 1.09. The van der Waals surface area contributed by atoms with Crippen LogP contribution in [0.5, 0.6) is 5.75 Å². The Morgan fingerprint density at radius 2 is 1.53 bits per heavy atom. The Morgan fingerprint density at radius 1 is 0.875 bits per heavy atom. The van der Waals surface area contributed by atoms with Gasteiger partial charge in [-0.2, -0.15) is 15.0 Å². The van der Waals surface area contributed by atoms with Crippen molar-refractivity contribution in [1.29, 1.82) is 0 Å².